The van der Waals surface area contributed by atoms with Crippen molar-refractivity contribution in [2.24, 2.45) is 5.73 Å². The summed E-state index contributed by atoms with van der Waals surface area (Å²) in [5.74, 6) is -6.32. The third-order valence-corrected chi connectivity index (χ3v) is 4.32. The standard InChI is InChI=1S/C18H26N6O9/c19-10(1-3-14(26)27)16(30)24-11(2-4-15(28)29)17(31)21-7-13(25)23-12(18(32)33)5-9-6-20-8-22-9/h6,8,10-12H,1-5,7,19H2,(H,20,22)(H,21,31)(H,23,25)(H,24,30)(H,26,27)(H,28,29)(H,32,33). The van der Waals surface area contributed by atoms with Gasteiger partial charge >= 0.3 is 17.9 Å². The van der Waals surface area contributed by atoms with Gasteiger partial charge in [-0.05, 0) is 12.8 Å². The number of aromatic amines is 1. The molecule has 0 aliphatic heterocycles. The van der Waals surface area contributed by atoms with E-state index in [1.165, 1.54) is 12.5 Å². The molecule has 15 nitrogen and oxygen atoms in total. The van der Waals surface area contributed by atoms with Crippen LogP contribution in [0.5, 0.6) is 0 Å². The van der Waals surface area contributed by atoms with E-state index in [-0.39, 0.29) is 25.7 Å². The van der Waals surface area contributed by atoms with Gasteiger partial charge in [0.15, 0.2) is 0 Å². The minimum Gasteiger partial charge on any atom is -0.481 e. The van der Waals surface area contributed by atoms with Gasteiger partial charge in [0.05, 0.1) is 18.9 Å². The summed E-state index contributed by atoms with van der Waals surface area (Å²) < 4.78 is 0. The van der Waals surface area contributed by atoms with Crippen LogP contribution in [-0.2, 0) is 35.2 Å². The van der Waals surface area contributed by atoms with Gasteiger partial charge in [-0.1, -0.05) is 0 Å². The number of hydrogen-bond donors (Lipinski definition) is 8. The van der Waals surface area contributed by atoms with Gasteiger partial charge in [0.25, 0.3) is 0 Å². The first-order chi connectivity index (χ1) is 15.5. The van der Waals surface area contributed by atoms with Crippen LogP contribution in [0, 0.1) is 0 Å². The quantitative estimate of drug-likeness (QED) is 0.130. The Morgan fingerprint density at radius 1 is 0.939 bits per heavy atom. The van der Waals surface area contributed by atoms with Gasteiger partial charge in [-0.15, -0.1) is 0 Å². The summed E-state index contributed by atoms with van der Waals surface area (Å²) in [4.78, 5) is 75.8. The number of imidazole rings is 1. The highest BCUT2D eigenvalue weighted by molar-refractivity contribution is 5.93. The predicted molar refractivity (Wildman–Crippen MR) is 109 cm³/mol. The van der Waals surface area contributed by atoms with Crippen LogP contribution in [0.15, 0.2) is 12.5 Å². The van der Waals surface area contributed by atoms with Crippen LogP contribution in [-0.4, -0.2) is 85.6 Å². The second-order valence-corrected chi connectivity index (χ2v) is 6.99. The first-order valence-electron chi connectivity index (χ1n) is 9.76. The number of nitrogens with one attached hydrogen (secondary N) is 4. The SMILES string of the molecule is NC(CCC(=O)O)C(=O)NC(CCC(=O)O)C(=O)NCC(=O)NC(Cc1cnc[nH]1)C(=O)O. The lowest BCUT2D eigenvalue weighted by Gasteiger charge is -2.20. The maximum Gasteiger partial charge on any atom is 0.326 e. The first-order valence-corrected chi connectivity index (χ1v) is 9.76. The zero-order valence-corrected chi connectivity index (χ0v) is 17.4. The van der Waals surface area contributed by atoms with E-state index in [4.69, 9.17) is 15.9 Å². The molecule has 15 heteroatoms. The fraction of sp³-hybridized carbons (Fsp3) is 0.500. The van der Waals surface area contributed by atoms with Gasteiger partial charge in [0.1, 0.15) is 12.1 Å². The van der Waals surface area contributed by atoms with Crippen molar-refractivity contribution in [2.45, 2.75) is 50.2 Å². The minimum atomic E-state index is -1.36. The molecule has 33 heavy (non-hydrogen) atoms. The Labute approximate surface area is 187 Å². The smallest absolute Gasteiger partial charge is 0.326 e. The number of carboxylic acid groups (broad SMARTS) is 3. The fourth-order valence-electron chi connectivity index (χ4n) is 2.58. The highest BCUT2D eigenvalue weighted by Crippen LogP contribution is 2.02. The number of H-pyrrole nitrogens is 1. The molecule has 9 N–H and O–H groups in total. The third kappa shape index (κ3) is 10.7. The van der Waals surface area contributed by atoms with Crippen LogP contribution < -0.4 is 21.7 Å². The van der Waals surface area contributed by atoms with E-state index in [1.807, 2.05) is 0 Å². The summed E-state index contributed by atoms with van der Waals surface area (Å²) >= 11 is 0. The highest BCUT2D eigenvalue weighted by Gasteiger charge is 2.26. The number of rotatable bonds is 15. The lowest BCUT2D eigenvalue weighted by molar-refractivity contribution is -0.141. The Balaban J connectivity index is 2.66. The molecule has 1 aromatic heterocycles. The molecular formula is C18H26N6O9. The molecule has 3 atom stereocenters. The number of amides is 3. The van der Waals surface area contributed by atoms with Gasteiger partial charge in [-0.2, -0.15) is 0 Å². The van der Waals surface area contributed by atoms with Crippen molar-refractivity contribution in [1.29, 1.82) is 0 Å². The van der Waals surface area contributed by atoms with E-state index in [9.17, 15) is 33.9 Å². The normalized spacial score (nSPS) is 13.2. The maximum absolute atomic E-state index is 12.4. The molecule has 3 amide bonds. The maximum atomic E-state index is 12.4. The van der Waals surface area contributed by atoms with Crippen LogP contribution >= 0.6 is 0 Å². The van der Waals surface area contributed by atoms with Gasteiger partial charge in [0, 0.05) is 31.2 Å². The Bertz CT molecular complexity index is 858. The van der Waals surface area contributed by atoms with Crippen LogP contribution in [0.4, 0.5) is 0 Å². The average Bonchev–Trinajstić information content (AvgIpc) is 3.25. The number of carboxylic acids is 3. The topological polar surface area (TPSA) is 254 Å². The van der Waals surface area contributed by atoms with Crippen molar-refractivity contribution >= 4 is 35.6 Å². The summed E-state index contributed by atoms with van der Waals surface area (Å²) in [5.41, 5.74) is 6.04. The molecule has 182 valence electrons. The molecule has 1 heterocycles. The number of nitrogens with two attached hydrogens (primary N) is 1. The molecule has 1 rings (SSSR count). The van der Waals surface area contributed by atoms with E-state index < -0.39 is 66.7 Å². The monoisotopic (exact) mass is 470 g/mol. The first kappa shape index (κ1) is 27.0. The van der Waals surface area contributed by atoms with Gasteiger partial charge in [-0.3, -0.25) is 24.0 Å². The molecule has 0 radical (unpaired) electrons. The average molecular weight is 470 g/mol. The van der Waals surface area contributed by atoms with Gasteiger partial charge in [0.2, 0.25) is 17.7 Å². The van der Waals surface area contributed by atoms with Crippen LogP contribution in [0.1, 0.15) is 31.4 Å². The van der Waals surface area contributed by atoms with E-state index in [2.05, 4.69) is 25.9 Å². The van der Waals surface area contributed by atoms with Crippen LogP contribution in [0.3, 0.4) is 0 Å². The Hall–Kier alpha value is -4.01. The van der Waals surface area contributed by atoms with Crippen molar-refractivity contribution in [3.63, 3.8) is 0 Å². The Morgan fingerprint density at radius 3 is 2.12 bits per heavy atom. The van der Waals surface area contributed by atoms with Crippen molar-refractivity contribution in [3.8, 4) is 0 Å². The van der Waals surface area contributed by atoms with Crippen molar-refractivity contribution in [2.75, 3.05) is 6.54 Å². The second kappa shape index (κ2) is 13.4. The molecule has 0 spiro atoms. The largest absolute Gasteiger partial charge is 0.481 e. The van der Waals surface area contributed by atoms with Crippen LogP contribution in [0.2, 0.25) is 0 Å². The summed E-state index contributed by atoms with van der Waals surface area (Å²) in [6.07, 6.45) is 1.25. The van der Waals surface area contributed by atoms with Gasteiger partial charge < -0.3 is 42.0 Å². The molecular weight excluding hydrogens is 444 g/mol. The number of nitrogens with zero attached hydrogens (tertiary/aromatic N) is 1. The van der Waals surface area contributed by atoms with Crippen molar-refractivity contribution in [1.82, 2.24) is 25.9 Å². The predicted octanol–water partition coefficient (Wildman–Crippen LogP) is -2.82. The molecule has 3 unspecified atom stereocenters. The Morgan fingerprint density at radius 2 is 1.58 bits per heavy atom. The Kier molecular flexibility index (Phi) is 11.0. The molecule has 0 saturated carbocycles. The number of carbonyl (C=O) groups excluding carboxylic acids is 3. The summed E-state index contributed by atoms with van der Waals surface area (Å²) in [7, 11) is 0. The molecule has 1 aromatic rings. The van der Waals surface area contributed by atoms with Crippen molar-refractivity contribution < 1.29 is 44.1 Å². The zero-order valence-electron chi connectivity index (χ0n) is 17.4. The van der Waals surface area contributed by atoms with E-state index in [0.717, 1.165) is 0 Å². The number of aliphatic carboxylic acids is 3. The number of hydrogen-bond acceptors (Lipinski definition) is 8. The lowest BCUT2D eigenvalue weighted by atomic mass is 10.1. The zero-order chi connectivity index (χ0) is 25.0. The second-order valence-electron chi connectivity index (χ2n) is 6.99. The molecule has 0 aliphatic carbocycles. The molecule has 0 fully saturated rings. The van der Waals surface area contributed by atoms with Gasteiger partial charge in [-0.25, -0.2) is 9.78 Å². The summed E-state index contributed by atoms with van der Waals surface area (Å²) in [5, 5.41) is 33.4. The van der Waals surface area contributed by atoms with E-state index >= 15 is 0 Å². The molecule has 0 aromatic carbocycles. The molecule has 0 bridgehead atoms. The van der Waals surface area contributed by atoms with Crippen molar-refractivity contribution in [3.05, 3.63) is 18.2 Å². The van der Waals surface area contributed by atoms with E-state index in [0.29, 0.717) is 5.69 Å². The number of aromatic nitrogens is 2. The van der Waals surface area contributed by atoms with E-state index in [1.54, 1.807) is 0 Å². The summed E-state index contributed by atoms with van der Waals surface area (Å²) in [6, 6.07) is -3.91. The molecule has 0 saturated heterocycles. The fourth-order valence-corrected chi connectivity index (χ4v) is 2.58. The third-order valence-electron chi connectivity index (χ3n) is 4.32. The van der Waals surface area contributed by atoms with Crippen LogP contribution in [0.25, 0.3) is 0 Å². The minimum absolute atomic E-state index is 0.0828. The molecule has 0 aliphatic rings. The number of carbonyl (C=O) groups is 6. The lowest BCUT2D eigenvalue weighted by Crippen LogP contribution is -2.53. The highest BCUT2D eigenvalue weighted by atomic mass is 16.4. The summed E-state index contributed by atoms with van der Waals surface area (Å²) in [6.45, 7) is -0.643.